The van der Waals surface area contributed by atoms with Gasteiger partial charge in [-0.25, -0.2) is 4.79 Å². The van der Waals surface area contributed by atoms with Gasteiger partial charge in [-0.15, -0.1) is 0 Å². The lowest BCUT2D eigenvalue weighted by atomic mass is 9.88. The van der Waals surface area contributed by atoms with Crippen LogP contribution in [-0.4, -0.2) is 41.8 Å². The zero-order chi connectivity index (χ0) is 14.4. The van der Waals surface area contributed by atoms with Crippen LogP contribution in [0.5, 0.6) is 0 Å². The zero-order valence-electron chi connectivity index (χ0n) is 11.4. The Kier molecular flexibility index (Phi) is 5.98. The standard InChI is InChI=1S/C13H22N2O4/c1-3-4-5-19-11-7-9(13(17)18)6-10(14)12(11)15-8(2)16/h7,10-12H,3-6,14H2,1-2H3,(H,15,16)(H,17,18)/t10-,11+,12+/m0/s1. The Balaban J connectivity index is 2.81. The fourth-order valence-corrected chi connectivity index (χ4v) is 2.09. The molecule has 0 heterocycles. The van der Waals surface area contributed by atoms with Gasteiger partial charge in [-0.3, -0.25) is 4.79 Å². The van der Waals surface area contributed by atoms with Crippen molar-refractivity contribution in [3.63, 3.8) is 0 Å². The molecule has 0 saturated carbocycles. The summed E-state index contributed by atoms with van der Waals surface area (Å²) in [7, 11) is 0. The number of ether oxygens (including phenoxy) is 1. The minimum atomic E-state index is -0.985. The number of carboxylic acid groups (broad SMARTS) is 1. The molecule has 1 aliphatic carbocycles. The van der Waals surface area contributed by atoms with Gasteiger partial charge in [-0.2, -0.15) is 0 Å². The van der Waals surface area contributed by atoms with Crippen LogP contribution in [-0.2, 0) is 14.3 Å². The summed E-state index contributed by atoms with van der Waals surface area (Å²) in [5, 5.41) is 11.8. The van der Waals surface area contributed by atoms with E-state index < -0.39 is 18.1 Å². The third-order valence-corrected chi connectivity index (χ3v) is 3.09. The minimum absolute atomic E-state index is 0.197. The second-order valence-corrected chi connectivity index (χ2v) is 4.78. The first-order valence-corrected chi connectivity index (χ1v) is 6.54. The van der Waals surface area contributed by atoms with Crippen LogP contribution in [0.25, 0.3) is 0 Å². The van der Waals surface area contributed by atoms with E-state index in [1.54, 1.807) is 6.08 Å². The van der Waals surface area contributed by atoms with Crippen LogP contribution in [0.1, 0.15) is 33.1 Å². The number of carboxylic acids is 1. The highest BCUT2D eigenvalue weighted by Gasteiger charge is 2.34. The topological polar surface area (TPSA) is 102 Å². The second kappa shape index (κ2) is 7.25. The van der Waals surface area contributed by atoms with E-state index in [4.69, 9.17) is 15.6 Å². The van der Waals surface area contributed by atoms with Crippen LogP contribution in [0.15, 0.2) is 11.6 Å². The molecule has 0 fully saturated rings. The molecular formula is C13H22N2O4. The molecule has 6 nitrogen and oxygen atoms in total. The average Bonchev–Trinajstić information content (AvgIpc) is 2.32. The van der Waals surface area contributed by atoms with Gasteiger partial charge in [0.2, 0.25) is 5.91 Å². The molecule has 0 radical (unpaired) electrons. The van der Waals surface area contributed by atoms with E-state index in [0.29, 0.717) is 6.61 Å². The minimum Gasteiger partial charge on any atom is -0.478 e. The lowest BCUT2D eigenvalue weighted by Gasteiger charge is -2.34. The average molecular weight is 270 g/mol. The first-order chi connectivity index (χ1) is 8.95. The number of carbonyl (C=O) groups excluding carboxylic acids is 1. The maximum Gasteiger partial charge on any atom is 0.331 e. The number of hydrogen-bond donors (Lipinski definition) is 3. The molecule has 3 atom stereocenters. The molecule has 6 heteroatoms. The quantitative estimate of drug-likeness (QED) is 0.607. The first-order valence-electron chi connectivity index (χ1n) is 6.54. The van der Waals surface area contributed by atoms with E-state index in [-0.39, 0.29) is 23.9 Å². The number of nitrogens with two attached hydrogens (primary N) is 1. The highest BCUT2D eigenvalue weighted by molar-refractivity contribution is 5.87. The Morgan fingerprint density at radius 2 is 2.26 bits per heavy atom. The molecule has 0 aromatic rings. The fraction of sp³-hybridized carbons (Fsp3) is 0.692. The van der Waals surface area contributed by atoms with Gasteiger partial charge in [0.1, 0.15) is 0 Å². The molecule has 1 amide bonds. The summed E-state index contributed by atoms with van der Waals surface area (Å²) < 4.78 is 5.65. The van der Waals surface area contributed by atoms with Gasteiger partial charge < -0.3 is 20.9 Å². The van der Waals surface area contributed by atoms with Crippen molar-refractivity contribution in [1.29, 1.82) is 0 Å². The number of unbranched alkanes of at least 4 members (excludes halogenated alkanes) is 1. The van der Waals surface area contributed by atoms with Gasteiger partial charge >= 0.3 is 5.97 Å². The number of hydrogen-bond acceptors (Lipinski definition) is 4. The Morgan fingerprint density at radius 1 is 1.58 bits per heavy atom. The van der Waals surface area contributed by atoms with Crippen molar-refractivity contribution in [1.82, 2.24) is 5.32 Å². The van der Waals surface area contributed by atoms with Crippen molar-refractivity contribution in [2.75, 3.05) is 6.61 Å². The van der Waals surface area contributed by atoms with Crippen LogP contribution in [0.2, 0.25) is 0 Å². The molecule has 0 aromatic carbocycles. The summed E-state index contributed by atoms with van der Waals surface area (Å²) in [6, 6.07) is -0.830. The van der Waals surface area contributed by atoms with E-state index >= 15 is 0 Å². The second-order valence-electron chi connectivity index (χ2n) is 4.78. The van der Waals surface area contributed by atoms with Crippen molar-refractivity contribution in [2.24, 2.45) is 5.73 Å². The fourth-order valence-electron chi connectivity index (χ4n) is 2.09. The predicted molar refractivity (Wildman–Crippen MR) is 70.6 cm³/mol. The van der Waals surface area contributed by atoms with Gasteiger partial charge in [0.05, 0.1) is 12.1 Å². The number of aliphatic carboxylic acids is 1. The Bertz CT molecular complexity index is 368. The lowest BCUT2D eigenvalue weighted by Crippen LogP contribution is -2.56. The molecular weight excluding hydrogens is 248 g/mol. The summed E-state index contributed by atoms with van der Waals surface area (Å²) >= 11 is 0. The SMILES string of the molecule is CCCCO[C@@H]1C=C(C(=O)O)C[C@H](N)[C@H]1NC(C)=O. The van der Waals surface area contributed by atoms with Crippen LogP contribution in [0.3, 0.4) is 0 Å². The van der Waals surface area contributed by atoms with Gasteiger partial charge in [0, 0.05) is 25.1 Å². The van der Waals surface area contributed by atoms with Crippen molar-refractivity contribution < 1.29 is 19.4 Å². The largest absolute Gasteiger partial charge is 0.478 e. The molecule has 0 saturated heterocycles. The van der Waals surface area contributed by atoms with Crippen molar-refractivity contribution in [2.45, 2.75) is 51.3 Å². The normalized spacial score (nSPS) is 26.7. The monoisotopic (exact) mass is 270 g/mol. The zero-order valence-corrected chi connectivity index (χ0v) is 11.4. The van der Waals surface area contributed by atoms with E-state index in [9.17, 15) is 9.59 Å². The maximum absolute atomic E-state index is 11.2. The maximum atomic E-state index is 11.2. The third-order valence-electron chi connectivity index (χ3n) is 3.09. The van der Waals surface area contributed by atoms with Crippen molar-refractivity contribution in [3.8, 4) is 0 Å². The van der Waals surface area contributed by atoms with Crippen molar-refractivity contribution in [3.05, 3.63) is 11.6 Å². The van der Waals surface area contributed by atoms with Gasteiger partial charge in [0.15, 0.2) is 0 Å². The van der Waals surface area contributed by atoms with E-state index in [1.165, 1.54) is 6.92 Å². The number of carbonyl (C=O) groups is 2. The van der Waals surface area contributed by atoms with Crippen LogP contribution >= 0.6 is 0 Å². The Morgan fingerprint density at radius 3 is 2.79 bits per heavy atom. The highest BCUT2D eigenvalue weighted by Crippen LogP contribution is 2.21. The van der Waals surface area contributed by atoms with Gasteiger partial charge in [-0.05, 0) is 18.9 Å². The van der Waals surface area contributed by atoms with Gasteiger partial charge in [-0.1, -0.05) is 13.3 Å². The molecule has 1 aliphatic rings. The highest BCUT2D eigenvalue weighted by atomic mass is 16.5. The van der Waals surface area contributed by atoms with E-state index in [2.05, 4.69) is 5.32 Å². The van der Waals surface area contributed by atoms with Crippen LogP contribution in [0.4, 0.5) is 0 Å². The van der Waals surface area contributed by atoms with Crippen molar-refractivity contribution >= 4 is 11.9 Å². The summed E-state index contributed by atoms with van der Waals surface area (Å²) in [5.41, 5.74) is 6.20. The van der Waals surface area contributed by atoms with E-state index in [0.717, 1.165) is 12.8 Å². The van der Waals surface area contributed by atoms with E-state index in [1.807, 2.05) is 6.92 Å². The third kappa shape index (κ3) is 4.65. The summed E-state index contributed by atoms with van der Waals surface area (Å²) in [6.45, 7) is 3.97. The summed E-state index contributed by atoms with van der Waals surface area (Å²) in [4.78, 5) is 22.2. The number of rotatable bonds is 6. The molecule has 0 aromatic heterocycles. The number of amides is 1. The Hall–Kier alpha value is -1.40. The molecule has 0 bridgehead atoms. The summed E-state index contributed by atoms with van der Waals surface area (Å²) in [5.74, 6) is -1.18. The number of nitrogens with one attached hydrogen (secondary N) is 1. The lowest BCUT2D eigenvalue weighted by molar-refractivity contribution is -0.133. The molecule has 108 valence electrons. The summed E-state index contributed by atoms with van der Waals surface area (Å²) in [6.07, 6.45) is 3.18. The molecule has 0 aliphatic heterocycles. The van der Waals surface area contributed by atoms with Crippen LogP contribution in [0, 0.1) is 0 Å². The van der Waals surface area contributed by atoms with Crippen LogP contribution < -0.4 is 11.1 Å². The smallest absolute Gasteiger partial charge is 0.331 e. The molecule has 0 unspecified atom stereocenters. The molecule has 19 heavy (non-hydrogen) atoms. The predicted octanol–water partition coefficient (Wildman–Crippen LogP) is 0.418. The Labute approximate surface area is 113 Å². The molecule has 1 rings (SSSR count). The molecule has 4 N–H and O–H groups in total. The molecule has 0 spiro atoms. The van der Waals surface area contributed by atoms with Gasteiger partial charge in [0.25, 0.3) is 0 Å². The first kappa shape index (κ1) is 15.7.